The first kappa shape index (κ1) is 20.7. The van der Waals surface area contributed by atoms with Crippen LogP contribution in [-0.4, -0.2) is 54.5 Å². The Morgan fingerprint density at radius 3 is 2.66 bits per heavy atom. The van der Waals surface area contributed by atoms with Gasteiger partial charge in [-0.2, -0.15) is 0 Å². The maximum atomic E-state index is 12.6. The Morgan fingerprint density at radius 2 is 2.00 bits per heavy atom. The molecule has 2 heterocycles. The van der Waals surface area contributed by atoms with Crippen molar-refractivity contribution in [2.24, 2.45) is 7.05 Å². The van der Waals surface area contributed by atoms with Crippen molar-refractivity contribution in [1.82, 2.24) is 14.5 Å². The molecule has 0 aliphatic carbocycles. The molecular formula is C19H23N5O4S. The summed E-state index contributed by atoms with van der Waals surface area (Å²) in [7, 11) is -0.201. The Bertz CT molecular complexity index is 1220. The van der Waals surface area contributed by atoms with Crippen LogP contribution in [0.5, 0.6) is 0 Å². The molecule has 0 unspecified atom stereocenters. The van der Waals surface area contributed by atoms with E-state index in [1.54, 1.807) is 38.4 Å². The van der Waals surface area contributed by atoms with Crippen LogP contribution >= 0.6 is 0 Å². The largest absolute Gasteiger partial charge is 0.396 e. The van der Waals surface area contributed by atoms with E-state index < -0.39 is 9.84 Å². The van der Waals surface area contributed by atoms with Crippen LogP contribution in [0.3, 0.4) is 0 Å². The quantitative estimate of drug-likeness (QED) is 0.490. The van der Waals surface area contributed by atoms with Crippen molar-refractivity contribution < 1.29 is 13.5 Å². The Labute approximate surface area is 168 Å². The van der Waals surface area contributed by atoms with E-state index in [1.807, 2.05) is 0 Å². The molecule has 1 aromatic carbocycles. The van der Waals surface area contributed by atoms with Crippen molar-refractivity contribution >= 4 is 32.2 Å². The van der Waals surface area contributed by atoms with E-state index in [1.165, 1.54) is 10.9 Å². The highest BCUT2D eigenvalue weighted by Crippen LogP contribution is 2.30. The molecule has 0 bridgehead atoms. The van der Waals surface area contributed by atoms with Gasteiger partial charge in [0.15, 0.2) is 9.84 Å². The normalized spacial score (nSPS) is 11.6. The van der Waals surface area contributed by atoms with Gasteiger partial charge in [0.25, 0.3) is 5.56 Å². The van der Waals surface area contributed by atoms with Gasteiger partial charge in [-0.3, -0.25) is 4.79 Å². The van der Waals surface area contributed by atoms with Crippen LogP contribution in [0.2, 0.25) is 0 Å². The number of sulfone groups is 1. The van der Waals surface area contributed by atoms with Crippen molar-refractivity contribution in [3.05, 3.63) is 40.9 Å². The second-order valence-electron chi connectivity index (χ2n) is 6.65. The molecule has 0 saturated carbocycles. The van der Waals surface area contributed by atoms with Crippen LogP contribution in [0, 0.1) is 0 Å². The lowest BCUT2D eigenvalue weighted by Crippen LogP contribution is -2.19. The molecule has 0 aliphatic rings. The predicted octanol–water partition coefficient (Wildman–Crippen LogP) is 1.23. The summed E-state index contributed by atoms with van der Waals surface area (Å²) in [6.45, 7) is 0.428. The van der Waals surface area contributed by atoms with Gasteiger partial charge >= 0.3 is 0 Å². The number of benzene rings is 1. The van der Waals surface area contributed by atoms with E-state index >= 15 is 0 Å². The van der Waals surface area contributed by atoms with Gasteiger partial charge in [-0.1, -0.05) is 6.07 Å². The number of hydrogen-bond donors (Lipinski definition) is 3. The van der Waals surface area contributed by atoms with E-state index in [4.69, 9.17) is 5.11 Å². The lowest BCUT2D eigenvalue weighted by Gasteiger charge is -2.13. The maximum Gasteiger partial charge on any atom is 0.264 e. The van der Waals surface area contributed by atoms with Gasteiger partial charge in [-0.15, -0.1) is 0 Å². The molecule has 3 aromatic rings. The van der Waals surface area contributed by atoms with Gasteiger partial charge in [0.1, 0.15) is 11.2 Å². The van der Waals surface area contributed by atoms with E-state index in [-0.39, 0.29) is 17.1 Å². The fraction of sp³-hybridized carbons (Fsp3) is 0.316. The monoisotopic (exact) mass is 417 g/mol. The van der Waals surface area contributed by atoms with Crippen LogP contribution in [0.15, 0.2) is 40.3 Å². The van der Waals surface area contributed by atoms with Crippen LogP contribution in [0.25, 0.3) is 22.2 Å². The molecule has 10 heteroatoms. The molecule has 3 rings (SSSR count). The second-order valence-corrected chi connectivity index (χ2v) is 8.63. The highest BCUT2D eigenvalue weighted by atomic mass is 32.2. The lowest BCUT2D eigenvalue weighted by molar-refractivity contribution is 0.292. The summed E-state index contributed by atoms with van der Waals surface area (Å²) in [5.41, 5.74) is 1.76. The number of pyridine rings is 1. The Balaban J connectivity index is 2.23. The van der Waals surface area contributed by atoms with Crippen molar-refractivity contribution in [1.29, 1.82) is 0 Å². The minimum Gasteiger partial charge on any atom is -0.396 e. The third-order valence-electron chi connectivity index (χ3n) is 4.48. The standard InChI is InChI=1S/C19H23N5O4S/c1-20-13-6-5-12(9-16(13)29(3,27)28)14-10-15-17(19(26)24(2)11-22-15)18(23-14)21-7-4-8-25/h5-6,9-11,20,25H,4,7-8H2,1-3H3,(H,21,23). The van der Waals surface area contributed by atoms with Gasteiger partial charge in [-0.05, 0) is 24.6 Å². The first-order valence-electron chi connectivity index (χ1n) is 8.99. The molecule has 0 spiro atoms. The summed E-state index contributed by atoms with van der Waals surface area (Å²) in [4.78, 5) is 21.6. The number of fused-ring (bicyclic) bond motifs is 1. The molecule has 3 N–H and O–H groups in total. The van der Waals surface area contributed by atoms with E-state index in [0.717, 1.165) is 6.26 Å². The highest BCUT2D eigenvalue weighted by Gasteiger charge is 2.17. The number of aromatic nitrogens is 3. The molecule has 2 aromatic heterocycles. The number of aryl methyl sites for hydroxylation is 1. The Morgan fingerprint density at radius 1 is 1.24 bits per heavy atom. The lowest BCUT2D eigenvalue weighted by atomic mass is 10.1. The Kier molecular flexibility index (Phi) is 5.85. The molecule has 0 saturated heterocycles. The van der Waals surface area contributed by atoms with E-state index in [0.29, 0.717) is 46.6 Å². The zero-order valence-electron chi connectivity index (χ0n) is 16.4. The SMILES string of the molecule is CNc1ccc(-c2cc3ncn(C)c(=O)c3c(NCCCO)n2)cc1S(C)(=O)=O. The van der Waals surface area contributed by atoms with Crippen LogP contribution in [0.1, 0.15) is 6.42 Å². The molecule has 9 nitrogen and oxygen atoms in total. The molecule has 0 aliphatic heterocycles. The van der Waals surface area contributed by atoms with Gasteiger partial charge in [0.05, 0.1) is 28.1 Å². The van der Waals surface area contributed by atoms with Crippen molar-refractivity contribution in [2.45, 2.75) is 11.3 Å². The number of aliphatic hydroxyl groups excluding tert-OH is 1. The van der Waals surface area contributed by atoms with E-state index in [9.17, 15) is 13.2 Å². The zero-order valence-corrected chi connectivity index (χ0v) is 17.2. The van der Waals surface area contributed by atoms with Gasteiger partial charge in [0.2, 0.25) is 0 Å². The van der Waals surface area contributed by atoms with Crippen LogP contribution in [0.4, 0.5) is 11.5 Å². The van der Waals surface area contributed by atoms with Gasteiger partial charge in [0, 0.05) is 39.1 Å². The fourth-order valence-electron chi connectivity index (χ4n) is 2.98. The van der Waals surface area contributed by atoms with Crippen molar-refractivity contribution in [3.63, 3.8) is 0 Å². The molecule has 154 valence electrons. The summed E-state index contributed by atoms with van der Waals surface area (Å²) < 4.78 is 25.7. The van der Waals surface area contributed by atoms with Crippen molar-refractivity contribution in [3.8, 4) is 11.3 Å². The molecular weight excluding hydrogens is 394 g/mol. The smallest absolute Gasteiger partial charge is 0.264 e. The summed E-state index contributed by atoms with van der Waals surface area (Å²) in [6, 6.07) is 6.64. The number of aliphatic hydroxyl groups is 1. The third kappa shape index (κ3) is 4.22. The minimum absolute atomic E-state index is 0.00405. The maximum absolute atomic E-state index is 12.6. The minimum atomic E-state index is -3.46. The van der Waals surface area contributed by atoms with Gasteiger partial charge < -0.3 is 20.3 Å². The van der Waals surface area contributed by atoms with Crippen molar-refractivity contribution in [2.75, 3.05) is 37.1 Å². The highest BCUT2D eigenvalue weighted by molar-refractivity contribution is 7.90. The summed E-state index contributed by atoms with van der Waals surface area (Å²) >= 11 is 0. The second kappa shape index (κ2) is 8.18. The average molecular weight is 417 g/mol. The first-order chi connectivity index (χ1) is 13.8. The van der Waals surface area contributed by atoms with Crippen LogP contribution in [-0.2, 0) is 16.9 Å². The number of nitrogens with one attached hydrogen (secondary N) is 2. The number of nitrogens with zero attached hydrogens (tertiary/aromatic N) is 3. The van der Waals surface area contributed by atoms with Crippen LogP contribution < -0.4 is 16.2 Å². The number of anilines is 2. The molecule has 0 amide bonds. The zero-order chi connectivity index (χ0) is 21.2. The summed E-state index contributed by atoms with van der Waals surface area (Å²) in [6.07, 6.45) is 3.06. The Hall–Kier alpha value is -2.98. The predicted molar refractivity (Wildman–Crippen MR) is 113 cm³/mol. The molecule has 29 heavy (non-hydrogen) atoms. The summed E-state index contributed by atoms with van der Waals surface area (Å²) in [5, 5.41) is 15.3. The molecule has 0 fully saturated rings. The average Bonchev–Trinajstić information content (AvgIpc) is 2.69. The fourth-order valence-corrected chi connectivity index (χ4v) is 3.89. The third-order valence-corrected chi connectivity index (χ3v) is 5.61. The topological polar surface area (TPSA) is 126 Å². The molecule has 0 atom stereocenters. The summed E-state index contributed by atoms with van der Waals surface area (Å²) in [5.74, 6) is 0.346. The number of hydrogen-bond acceptors (Lipinski definition) is 8. The molecule has 0 radical (unpaired) electrons. The number of rotatable bonds is 7. The van der Waals surface area contributed by atoms with Gasteiger partial charge in [-0.25, -0.2) is 18.4 Å². The first-order valence-corrected chi connectivity index (χ1v) is 10.9. The van der Waals surface area contributed by atoms with E-state index in [2.05, 4.69) is 20.6 Å².